The number of rotatable bonds is 4. The molecule has 1 atom stereocenters. The normalized spacial score (nSPS) is 13.0. The van der Waals surface area contributed by atoms with Crippen LogP contribution in [0.5, 0.6) is 0 Å². The highest BCUT2D eigenvalue weighted by atomic mass is 35.5. The number of nitrogen functional groups attached to an aromatic ring is 1. The molecule has 3 nitrogen and oxygen atoms in total. The predicted molar refractivity (Wildman–Crippen MR) is 86.1 cm³/mol. The molecular weight excluding hydrogens is 329 g/mol. The average Bonchev–Trinajstić information content (AvgIpc) is 2.49. The Labute approximate surface area is 136 Å². The molecule has 23 heavy (non-hydrogen) atoms. The molecule has 2 rings (SSSR count). The lowest BCUT2D eigenvalue weighted by molar-refractivity contribution is -0.137. The van der Waals surface area contributed by atoms with Crippen molar-refractivity contribution in [1.29, 1.82) is 0 Å². The Morgan fingerprint density at radius 2 is 1.83 bits per heavy atom. The summed E-state index contributed by atoms with van der Waals surface area (Å²) in [6.45, 7) is 1.92. The van der Waals surface area contributed by atoms with Gasteiger partial charge in [0, 0.05) is 18.2 Å². The van der Waals surface area contributed by atoms with E-state index < -0.39 is 16.8 Å². The molecule has 0 amide bonds. The van der Waals surface area contributed by atoms with Crippen molar-refractivity contribution >= 4 is 28.7 Å². The second-order valence-electron chi connectivity index (χ2n) is 5.25. The Balaban J connectivity index is 2.25. The fourth-order valence-corrected chi connectivity index (χ4v) is 2.34. The maximum absolute atomic E-state index is 12.8. The van der Waals surface area contributed by atoms with E-state index in [2.05, 4.69) is 5.32 Å². The molecule has 0 aromatic heterocycles. The van der Waals surface area contributed by atoms with Crippen LogP contribution in [0.25, 0.3) is 0 Å². The maximum atomic E-state index is 12.8. The third kappa shape index (κ3) is 4.09. The molecular formula is C16H16ClF3N2O. The van der Waals surface area contributed by atoms with Crippen molar-refractivity contribution in [2.75, 3.05) is 17.7 Å². The van der Waals surface area contributed by atoms with E-state index in [9.17, 15) is 13.2 Å². The van der Waals surface area contributed by atoms with Crippen LogP contribution in [-0.4, -0.2) is 11.7 Å². The van der Waals surface area contributed by atoms with Gasteiger partial charge in [0.1, 0.15) is 0 Å². The van der Waals surface area contributed by atoms with Gasteiger partial charge in [-0.15, -0.1) is 0 Å². The van der Waals surface area contributed by atoms with Crippen LogP contribution in [0.15, 0.2) is 36.4 Å². The van der Waals surface area contributed by atoms with Crippen LogP contribution in [0.4, 0.5) is 30.2 Å². The van der Waals surface area contributed by atoms with Crippen molar-refractivity contribution in [3.63, 3.8) is 0 Å². The van der Waals surface area contributed by atoms with E-state index in [1.807, 2.05) is 19.1 Å². The Morgan fingerprint density at radius 3 is 2.35 bits per heavy atom. The summed E-state index contributed by atoms with van der Waals surface area (Å²) >= 11 is 5.69. The third-order valence-electron chi connectivity index (χ3n) is 3.48. The number of nitrogens with two attached hydrogens (primary N) is 1. The van der Waals surface area contributed by atoms with E-state index in [4.69, 9.17) is 22.4 Å². The molecule has 0 saturated heterocycles. The summed E-state index contributed by atoms with van der Waals surface area (Å²) in [7, 11) is 0. The number of benzene rings is 2. The Morgan fingerprint density at radius 1 is 1.22 bits per heavy atom. The van der Waals surface area contributed by atoms with Crippen LogP contribution < -0.4 is 11.1 Å². The van der Waals surface area contributed by atoms with Crippen LogP contribution in [0.2, 0.25) is 5.02 Å². The molecule has 0 aliphatic rings. The quantitative estimate of drug-likeness (QED) is 0.699. The largest absolute Gasteiger partial charge is 0.417 e. The fraction of sp³-hybridized carbons (Fsp3) is 0.250. The lowest BCUT2D eigenvalue weighted by Crippen LogP contribution is -2.08. The summed E-state index contributed by atoms with van der Waals surface area (Å²) in [5.74, 6) is 0.00892. The van der Waals surface area contributed by atoms with E-state index in [0.717, 1.165) is 17.7 Å². The van der Waals surface area contributed by atoms with Crippen LogP contribution in [0.1, 0.15) is 24.0 Å². The molecule has 1 unspecified atom stereocenters. The van der Waals surface area contributed by atoms with Crippen molar-refractivity contribution < 1.29 is 18.3 Å². The lowest BCUT2D eigenvalue weighted by atomic mass is 10.0. The number of hydrogen-bond donors (Lipinski definition) is 3. The molecule has 2 aromatic rings. The summed E-state index contributed by atoms with van der Waals surface area (Å²) in [6.07, 6.45) is -4.55. The van der Waals surface area contributed by atoms with Gasteiger partial charge in [-0.2, -0.15) is 13.2 Å². The number of hydrogen-bond acceptors (Lipinski definition) is 3. The molecule has 0 aliphatic heterocycles. The van der Waals surface area contributed by atoms with E-state index in [0.29, 0.717) is 11.4 Å². The zero-order valence-electron chi connectivity index (χ0n) is 12.3. The number of alkyl halides is 3. The first kappa shape index (κ1) is 17.4. The minimum atomic E-state index is -4.55. The number of nitrogens with one attached hydrogen (secondary N) is 1. The van der Waals surface area contributed by atoms with E-state index in [-0.39, 0.29) is 18.2 Å². The van der Waals surface area contributed by atoms with Gasteiger partial charge in [-0.3, -0.25) is 0 Å². The monoisotopic (exact) mass is 344 g/mol. The highest BCUT2D eigenvalue weighted by molar-refractivity contribution is 6.32. The van der Waals surface area contributed by atoms with Crippen molar-refractivity contribution in [3.05, 3.63) is 52.5 Å². The highest BCUT2D eigenvalue weighted by Crippen LogP contribution is 2.39. The Hall–Kier alpha value is -1.92. The van der Waals surface area contributed by atoms with E-state index in [1.165, 1.54) is 0 Å². The molecule has 4 N–H and O–H groups in total. The molecule has 0 spiro atoms. The van der Waals surface area contributed by atoms with Crippen molar-refractivity contribution in [3.8, 4) is 0 Å². The first-order valence-corrected chi connectivity index (χ1v) is 7.24. The summed E-state index contributed by atoms with van der Waals surface area (Å²) in [5, 5.41) is 11.6. The molecule has 124 valence electrons. The van der Waals surface area contributed by atoms with Crippen molar-refractivity contribution in [1.82, 2.24) is 0 Å². The summed E-state index contributed by atoms with van der Waals surface area (Å²) in [6, 6.07) is 9.13. The third-order valence-corrected chi connectivity index (χ3v) is 3.79. The Kier molecular flexibility index (Phi) is 5.06. The number of anilines is 3. The minimum absolute atomic E-state index is 0.00892. The highest BCUT2D eigenvalue weighted by Gasteiger charge is 2.33. The molecule has 0 aliphatic carbocycles. The molecule has 7 heteroatoms. The maximum Gasteiger partial charge on any atom is 0.417 e. The summed E-state index contributed by atoms with van der Waals surface area (Å²) in [4.78, 5) is 0. The van der Waals surface area contributed by atoms with Gasteiger partial charge >= 0.3 is 6.18 Å². The van der Waals surface area contributed by atoms with Crippen LogP contribution >= 0.6 is 11.6 Å². The summed E-state index contributed by atoms with van der Waals surface area (Å²) < 4.78 is 38.3. The van der Waals surface area contributed by atoms with Gasteiger partial charge in [0.25, 0.3) is 0 Å². The first-order chi connectivity index (χ1) is 10.7. The molecule has 2 aromatic carbocycles. The number of aliphatic hydroxyl groups excluding tert-OH is 1. The second kappa shape index (κ2) is 6.68. The van der Waals surface area contributed by atoms with Crippen molar-refractivity contribution in [2.24, 2.45) is 0 Å². The predicted octanol–water partition coefficient (Wildman–Crippen LogP) is 4.78. The van der Waals surface area contributed by atoms with Gasteiger partial charge in [-0.05, 0) is 29.8 Å². The van der Waals surface area contributed by atoms with Gasteiger partial charge < -0.3 is 16.2 Å². The lowest BCUT2D eigenvalue weighted by Gasteiger charge is -2.15. The zero-order valence-corrected chi connectivity index (χ0v) is 13.0. The smallest absolute Gasteiger partial charge is 0.397 e. The fourth-order valence-electron chi connectivity index (χ4n) is 2.07. The van der Waals surface area contributed by atoms with Gasteiger partial charge in [-0.25, -0.2) is 0 Å². The van der Waals surface area contributed by atoms with E-state index >= 15 is 0 Å². The SMILES string of the molecule is CC(CO)c1ccc(Nc2cc(Cl)c(C(F)(F)F)cc2N)cc1. The van der Waals surface area contributed by atoms with Gasteiger partial charge in [0.2, 0.25) is 0 Å². The molecule has 0 bridgehead atoms. The molecule has 0 fully saturated rings. The standard InChI is InChI=1S/C16H16ClF3N2O/c1-9(8-23)10-2-4-11(5-3-10)22-15-7-13(17)12(6-14(15)21)16(18,19)20/h2-7,9,22-23H,8,21H2,1H3. The zero-order chi connectivity index (χ0) is 17.2. The first-order valence-electron chi connectivity index (χ1n) is 6.86. The van der Waals surface area contributed by atoms with E-state index in [1.54, 1.807) is 12.1 Å². The van der Waals surface area contributed by atoms with Crippen molar-refractivity contribution in [2.45, 2.75) is 19.0 Å². The van der Waals surface area contributed by atoms with Gasteiger partial charge in [0.05, 0.1) is 22.0 Å². The second-order valence-corrected chi connectivity index (χ2v) is 5.65. The van der Waals surface area contributed by atoms with Gasteiger partial charge in [-0.1, -0.05) is 30.7 Å². The molecule has 0 heterocycles. The molecule has 0 radical (unpaired) electrons. The van der Waals surface area contributed by atoms with Crippen LogP contribution in [-0.2, 0) is 6.18 Å². The van der Waals surface area contributed by atoms with Gasteiger partial charge in [0.15, 0.2) is 0 Å². The molecule has 0 saturated carbocycles. The summed E-state index contributed by atoms with van der Waals surface area (Å²) in [5.41, 5.74) is 6.58. The Bertz CT molecular complexity index is 687. The van der Waals surface area contributed by atoms with Crippen LogP contribution in [0, 0.1) is 0 Å². The number of halogens is 4. The number of aliphatic hydroxyl groups is 1. The average molecular weight is 345 g/mol. The minimum Gasteiger partial charge on any atom is -0.397 e. The topological polar surface area (TPSA) is 58.3 Å². The van der Waals surface area contributed by atoms with Crippen LogP contribution in [0.3, 0.4) is 0 Å².